The second kappa shape index (κ2) is 1.94. The third kappa shape index (κ3) is 0.771. The molecule has 1 heterocycles. The topological polar surface area (TPSA) is 90.9 Å². The molecule has 1 aromatic heterocycles. The van der Waals surface area contributed by atoms with Gasteiger partial charge in [0.15, 0.2) is 5.75 Å². The maximum absolute atomic E-state index is 10.1. The molecule has 0 radical (unpaired) electrons. The molecule has 1 aromatic rings. The number of furan rings is 1. The van der Waals surface area contributed by atoms with Crippen LogP contribution in [0.2, 0.25) is 0 Å². The van der Waals surface area contributed by atoms with Crippen molar-refractivity contribution in [2.45, 2.75) is 0 Å². The summed E-state index contributed by atoms with van der Waals surface area (Å²) in [5.41, 5.74) is 0. The lowest BCUT2D eigenvalue weighted by molar-refractivity contribution is 0.0658. The molecule has 0 fully saturated rings. The van der Waals surface area contributed by atoms with E-state index in [1.165, 1.54) is 0 Å². The van der Waals surface area contributed by atoms with E-state index in [1.54, 1.807) is 0 Å². The molecule has 0 aliphatic carbocycles. The molecule has 0 saturated carbocycles. The molecule has 3 N–H and O–H groups in total. The van der Waals surface area contributed by atoms with Crippen LogP contribution in [0.3, 0.4) is 0 Å². The van der Waals surface area contributed by atoms with Crippen molar-refractivity contribution < 1.29 is 24.5 Å². The maximum atomic E-state index is 10.1. The van der Waals surface area contributed by atoms with Crippen molar-refractivity contribution in [2.75, 3.05) is 0 Å². The summed E-state index contributed by atoms with van der Waals surface area (Å²) < 4.78 is 4.26. The number of aromatic carboxylic acids is 1. The first kappa shape index (κ1) is 6.47. The molecule has 0 amide bonds. The second-order valence-electron chi connectivity index (χ2n) is 1.60. The minimum absolute atomic E-state index is 0.572. The van der Waals surface area contributed by atoms with E-state index < -0.39 is 23.2 Å². The first-order valence-electron chi connectivity index (χ1n) is 2.35. The Bertz CT molecular complexity index is 261. The van der Waals surface area contributed by atoms with Gasteiger partial charge in [0.05, 0.1) is 0 Å². The minimum atomic E-state index is -1.42. The van der Waals surface area contributed by atoms with Gasteiger partial charge in [-0.3, -0.25) is 0 Å². The first-order chi connectivity index (χ1) is 4.63. The van der Waals surface area contributed by atoms with Crippen LogP contribution in [0.25, 0.3) is 0 Å². The van der Waals surface area contributed by atoms with Crippen LogP contribution in [0.5, 0.6) is 11.5 Å². The zero-order valence-electron chi connectivity index (χ0n) is 4.74. The Morgan fingerprint density at radius 3 is 2.30 bits per heavy atom. The van der Waals surface area contributed by atoms with E-state index in [1.807, 2.05) is 0 Å². The predicted molar refractivity (Wildman–Crippen MR) is 29.0 cm³/mol. The van der Waals surface area contributed by atoms with Crippen LogP contribution in [-0.2, 0) is 0 Å². The SMILES string of the molecule is O=C(O)c1occ(O)c1O. The van der Waals surface area contributed by atoms with Crippen molar-refractivity contribution in [3.63, 3.8) is 0 Å². The van der Waals surface area contributed by atoms with Crippen LogP contribution in [0, 0.1) is 0 Å². The first-order valence-corrected chi connectivity index (χ1v) is 2.35. The van der Waals surface area contributed by atoms with Crippen molar-refractivity contribution in [3.8, 4) is 11.5 Å². The van der Waals surface area contributed by atoms with Gasteiger partial charge in [0.2, 0.25) is 5.75 Å². The highest BCUT2D eigenvalue weighted by Gasteiger charge is 2.17. The molecule has 5 nitrogen and oxygen atoms in total. The summed E-state index contributed by atoms with van der Waals surface area (Å²) in [5, 5.41) is 25.5. The quantitative estimate of drug-likeness (QED) is 0.530. The van der Waals surface area contributed by atoms with Gasteiger partial charge >= 0.3 is 5.97 Å². The molecular formula is C5H4O5. The summed E-state index contributed by atoms with van der Waals surface area (Å²) in [6.07, 6.45) is 0.749. The molecule has 0 spiro atoms. The Labute approximate surface area is 55.1 Å². The van der Waals surface area contributed by atoms with Gasteiger partial charge in [0, 0.05) is 0 Å². The molecule has 0 aromatic carbocycles. The number of carboxylic acids is 1. The van der Waals surface area contributed by atoms with E-state index in [4.69, 9.17) is 15.3 Å². The lowest BCUT2D eigenvalue weighted by Gasteiger charge is -1.86. The van der Waals surface area contributed by atoms with Crippen molar-refractivity contribution >= 4 is 5.97 Å². The molecule has 0 bridgehead atoms. The normalized spacial score (nSPS) is 9.60. The van der Waals surface area contributed by atoms with E-state index >= 15 is 0 Å². The number of hydrogen-bond donors (Lipinski definition) is 3. The van der Waals surface area contributed by atoms with Crippen LogP contribution < -0.4 is 0 Å². The Kier molecular flexibility index (Phi) is 1.26. The van der Waals surface area contributed by atoms with Gasteiger partial charge < -0.3 is 19.7 Å². The van der Waals surface area contributed by atoms with Gasteiger partial charge in [-0.25, -0.2) is 4.79 Å². The molecular weight excluding hydrogens is 140 g/mol. The number of carbonyl (C=O) groups is 1. The standard InChI is InChI=1S/C5H4O5/c6-2-1-10-4(3(2)7)5(8)9/h1,6-7H,(H,8,9). The van der Waals surface area contributed by atoms with Gasteiger partial charge in [0.25, 0.3) is 5.76 Å². The smallest absolute Gasteiger partial charge is 0.375 e. The Morgan fingerprint density at radius 2 is 2.10 bits per heavy atom. The number of carboxylic acid groups (broad SMARTS) is 1. The molecule has 10 heavy (non-hydrogen) atoms. The third-order valence-corrected chi connectivity index (χ3v) is 0.940. The van der Waals surface area contributed by atoms with Crippen LogP contribution in [0.15, 0.2) is 10.7 Å². The maximum Gasteiger partial charge on any atom is 0.375 e. The molecule has 0 aliphatic heterocycles. The molecule has 1 rings (SSSR count). The average Bonchev–Trinajstić information content (AvgIpc) is 2.14. The van der Waals surface area contributed by atoms with Crippen LogP contribution in [-0.4, -0.2) is 21.3 Å². The monoisotopic (exact) mass is 144 g/mol. The Balaban J connectivity index is 3.17. The third-order valence-electron chi connectivity index (χ3n) is 0.940. The summed E-state index contributed by atoms with van der Waals surface area (Å²) in [6, 6.07) is 0. The van der Waals surface area contributed by atoms with Gasteiger partial charge in [-0.1, -0.05) is 0 Å². The van der Waals surface area contributed by atoms with Gasteiger partial charge in [0.1, 0.15) is 6.26 Å². The number of rotatable bonds is 1. The van der Waals surface area contributed by atoms with Gasteiger partial charge in [-0.15, -0.1) is 0 Å². The van der Waals surface area contributed by atoms with Gasteiger partial charge in [-0.2, -0.15) is 0 Å². The molecule has 0 aliphatic rings. The fourth-order valence-corrected chi connectivity index (χ4v) is 0.494. The van der Waals surface area contributed by atoms with Gasteiger partial charge in [-0.05, 0) is 0 Å². The fourth-order valence-electron chi connectivity index (χ4n) is 0.494. The Morgan fingerprint density at radius 1 is 1.50 bits per heavy atom. The van der Waals surface area contributed by atoms with E-state index in [-0.39, 0.29) is 0 Å². The highest BCUT2D eigenvalue weighted by Crippen LogP contribution is 2.30. The lowest BCUT2D eigenvalue weighted by atomic mass is 10.4. The van der Waals surface area contributed by atoms with Crippen molar-refractivity contribution in [2.24, 2.45) is 0 Å². The summed E-state index contributed by atoms with van der Waals surface area (Å²) in [6.45, 7) is 0. The Hall–Kier alpha value is -1.65. The minimum Gasteiger partial charge on any atom is -0.502 e. The molecule has 0 atom stereocenters. The van der Waals surface area contributed by atoms with Crippen molar-refractivity contribution in [3.05, 3.63) is 12.0 Å². The van der Waals surface area contributed by atoms with E-state index in [2.05, 4.69) is 4.42 Å². The highest BCUT2D eigenvalue weighted by molar-refractivity contribution is 5.88. The van der Waals surface area contributed by atoms with Crippen LogP contribution in [0.1, 0.15) is 10.6 Å². The summed E-state index contributed by atoms with van der Waals surface area (Å²) in [4.78, 5) is 10.1. The van der Waals surface area contributed by atoms with Crippen LogP contribution in [0.4, 0.5) is 0 Å². The summed E-state index contributed by atoms with van der Waals surface area (Å²) in [7, 11) is 0. The number of aromatic hydroxyl groups is 2. The molecule has 5 heteroatoms. The van der Waals surface area contributed by atoms with Crippen molar-refractivity contribution in [1.82, 2.24) is 0 Å². The molecule has 0 unspecified atom stereocenters. The summed E-state index contributed by atoms with van der Waals surface area (Å²) >= 11 is 0. The predicted octanol–water partition coefficient (Wildman–Crippen LogP) is 0.389. The molecule has 0 saturated heterocycles. The number of hydrogen-bond acceptors (Lipinski definition) is 4. The lowest BCUT2D eigenvalue weighted by Crippen LogP contribution is -1.92. The zero-order valence-corrected chi connectivity index (χ0v) is 4.74. The zero-order chi connectivity index (χ0) is 7.72. The second-order valence-corrected chi connectivity index (χ2v) is 1.60. The van der Waals surface area contributed by atoms with E-state index in [0.717, 1.165) is 6.26 Å². The van der Waals surface area contributed by atoms with E-state index in [0.29, 0.717) is 0 Å². The largest absolute Gasteiger partial charge is 0.502 e. The average molecular weight is 144 g/mol. The van der Waals surface area contributed by atoms with Crippen LogP contribution >= 0.6 is 0 Å². The van der Waals surface area contributed by atoms with E-state index in [9.17, 15) is 4.79 Å². The summed E-state index contributed by atoms with van der Waals surface area (Å²) in [5.74, 6) is -3.39. The highest BCUT2D eigenvalue weighted by atomic mass is 16.4. The fraction of sp³-hybridized carbons (Fsp3) is 0. The molecule has 54 valence electrons. The van der Waals surface area contributed by atoms with Crippen molar-refractivity contribution in [1.29, 1.82) is 0 Å².